The van der Waals surface area contributed by atoms with Crippen LogP contribution in [0.15, 0.2) is 0 Å². The summed E-state index contributed by atoms with van der Waals surface area (Å²) in [6.07, 6.45) is 0.227. The van der Waals surface area contributed by atoms with Crippen molar-refractivity contribution in [3.63, 3.8) is 0 Å². The van der Waals surface area contributed by atoms with Gasteiger partial charge < -0.3 is 4.74 Å². The first-order valence-electron chi connectivity index (χ1n) is 7.45. The van der Waals surface area contributed by atoms with E-state index in [0.29, 0.717) is 0 Å². The zero-order valence-electron chi connectivity index (χ0n) is 15.3. The Bertz CT molecular complexity index is 537. The van der Waals surface area contributed by atoms with Crippen molar-refractivity contribution >= 4 is 17.9 Å². The second-order valence-corrected chi connectivity index (χ2v) is 10.4. The average molecular weight is 371 g/mol. The Morgan fingerprint density at radius 2 is 1.57 bits per heavy atom. The van der Waals surface area contributed by atoms with E-state index in [1.54, 1.807) is 20.8 Å². The minimum atomic E-state index is -3.48. The van der Waals surface area contributed by atoms with Crippen LogP contribution in [-0.4, -0.2) is 49.9 Å². The molecule has 0 saturated carbocycles. The third-order valence-electron chi connectivity index (χ3n) is 3.50. The Morgan fingerprint density at radius 1 is 1.09 bits per heavy atom. The maximum atomic E-state index is 12.0. The van der Waals surface area contributed by atoms with Crippen LogP contribution in [0.25, 0.3) is 0 Å². The minimum Gasteiger partial charge on any atom is -0.371 e. The van der Waals surface area contributed by atoms with Gasteiger partial charge in [-0.2, -0.15) is 4.31 Å². The van der Waals surface area contributed by atoms with Gasteiger partial charge in [0.1, 0.15) is 0 Å². The highest BCUT2D eigenvalue weighted by molar-refractivity contribution is 7.88. The lowest BCUT2D eigenvalue weighted by molar-refractivity contribution is -0.0789. The number of nitrogens with zero attached hydrogens (tertiary/aromatic N) is 1. The van der Waals surface area contributed by atoms with Gasteiger partial charge >= 0.3 is 7.91 Å². The molecule has 0 radical (unpaired) electrons. The molecule has 7 nitrogen and oxygen atoms in total. The first-order chi connectivity index (χ1) is 10.0. The third kappa shape index (κ3) is 8.96. The summed E-state index contributed by atoms with van der Waals surface area (Å²) < 4.78 is 57.3. The maximum absolute atomic E-state index is 12.0. The summed E-state index contributed by atoms with van der Waals surface area (Å²) in [4.78, 5) is 0. The van der Waals surface area contributed by atoms with Gasteiger partial charge in [-0.05, 0) is 33.1 Å². The Morgan fingerprint density at radius 3 is 1.87 bits per heavy atom. The van der Waals surface area contributed by atoms with E-state index in [0.717, 1.165) is 6.26 Å². The summed E-state index contributed by atoms with van der Waals surface area (Å²) in [6.45, 7) is 12.9. The van der Waals surface area contributed by atoms with Crippen LogP contribution in [0.3, 0.4) is 0 Å². The van der Waals surface area contributed by atoms with E-state index in [1.807, 2.05) is 27.7 Å². The number of sulfonamides is 1. The normalized spacial score (nSPS) is 16.4. The summed E-state index contributed by atoms with van der Waals surface area (Å²) >= 11 is 0. The van der Waals surface area contributed by atoms with E-state index in [2.05, 4.69) is 4.52 Å². The topological polar surface area (TPSA) is 90.0 Å². The predicted octanol–water partition coefficient (Wildman–Crippen LogP) is 2.97. The molecule has 0 rings (SSSR count). The van der Waals surface area contributed by atoms with Gasteiger partial charge in [-0.3, -0.25) is 4.52 Å². The van der Waals surface area contributed by atoms with Gasteiger partial charge in [-0.25, -0.2) is 17.5 Å². The third-order valence-corrected chi connectivity index (χ3v) is 5.36. The van der Waals surface area contributed by atoms with Crippen molar-refractivity contribution < 1.29 is 26.8 Å². The zero-order chi connectivity index (χ0) is 18.6. The first kappa shape index (κ1) is 22.7. The largest absolute Gasteiger partial charge is 0.468 e. The molecule has 0 N–H and O–H groups in total. The molecule has 0 aliphatic carbocycles. The van der Waals surface area contributed by atoms with Crippen LogP contribution in [0.2, 0.25) is 0 Å². The second kappa shape index (κ2) is 8.21. The van der Waals surface area contributed by atoms with Gasteiger partial charge in [0.25, 0.3) is 0 Å². The van der Waals surface area contributed by atoms with Crippen molar-refractivity contribution in [3.8, 4) is 0 Å². The van der Waals surface area contributed by atoms with E-state index >= 15 is 0 Å². The molecule has 0 saturated heterocycles. The van der Waals surface area contributed by atoms with E-state index in [-0.39, 0.29) is 24.7 Å². The van der Waals surface area contributed by atoms with Crippen LogP contribution < -0.4 is 0 Å². The molecule has 2 atom stereocenters. The molecular weight excluding hydrogens is 341 g/mol. The van der Waals surface area contributed by atoms with Crippen LogP contribution >= 0.6 is 7.91 Å². The fraction of sp³-hybridized carbons (Fsp3) is 1.00. The predicted molar refractivity (Wildman–Crippen MR) is 89.3 cm³/mol. The molecule has 0 spiro atoms. The van der Waals surface area contributed by atoms with E-state index < -0.39 is 29.6 Å². The van der Waals surface area contributed by atoms with Crippen molar-refractivity contribution in [1.82, 2.24) is 4.31 Å². The van der Waals surface area contributed by atoms with Gasteiger partial charge in [-0.15, -0.1) is 0 Å². The summed E-state index contributed by atoms with van der Waals surface area (Å²) in [5.74, 6) is 0. The molecule has 0 aromatic carbocycles. The number of hydrogen-bond donors (Lipinski definition) is 0. The molecule has 0 aromatic heterocycles. The zero-order valence-corrected chi connectivity index (χ0v) is 17.0. The fourth-order valence-electron chi connectivity index (χ4n) is 1.86. The fourth-order valence-corrected chi connectivity index (χ4v) is 3.58. The van der Waals surface area contributed by atoms with Crippen molar-refractivity contribution in [1.29, 1.82) is 0 Å². The van der Waals surface area contributed by atoms with Crippen molar-refractivity contribution in [2.45, 2.75) is 66.2 Å². The monoisotopic (exact) mass is 371 g/mol. The number of ether oxygens (including phenoxy) is 1. The molecule has 0 amide bonds. The molecule has 0 fully saturated rings. The van der Waals surface area contributed by atoms with Crippen LogP contribution in [0.4, 0.5) is 0 Å². The lowest BCUT2D eigenvalue weighted by Crippen LogP contribution is -2.50. The van der Waals surface area contributed by atoms with Crippen LogP contribution in [0.1, 0.15) is 48.5 Å². The van der Waals surface area contributed by atoms with Crippen molar-refractivity contribution in [2.24, 2.45) is 5.41 Å². The van der Waals surface area contributed by atoms with Crippen molar-refractivity contribution in [3.05, 3.63) is 0 Å². The Kier molecular flexibility index (Phi) is 8.11. The molecule has 9 heteroatoms. The molecule has 0 aliphatic rings. The van der Waals surface area contributed by atoms with Crippen LogP contribution in [0.5, 0.6) is 0 Å². The molecule has 138 valence electrons. The molecule has 0 heterocycles. The minimum absolute atomic E-state index is 0.0198. The highest BCUT2D eigenvalue weighted by Crippen LogP contribution is 2.25. The lowest BCUT2D eigenvalue weighted by atomic mass is 9.90. The van der Waals surface area contributed by atoms with E-state index in [9.17, 15) is 17.5 Å². The quantitative estimate of drug-likeness (QED) is 0.609. The van der Waals surface area contributed by atoms with Crippen LogP contribution in [0, 0.1) is 5.41 Å². The highest BCUT2D eigenvalue weighted by atomic mass is 32.2. The van der Waals surface area contributed by atoms with Gasteiger partial charge in [-0.1, -0.05) is 20.8 Å². The molecule has 0 bridgehead atoms. The molecule has 23 heavy (non-hydrogen) atoms. The summed E-state index contributed by atoms with van der Waals surface area (Å²) in [5, 5.41) is 0. The second-order valence-electron chi connectivity index (χ2n) is 7.75. The highest BCUT2D eigenvalue weighted by Gasteiger charge is 2.34. The Hall–Kier alpha value is -0.270. The number of rotatable bonds is 8. The maximum Gasteiger partial charge on any atom is 0.468 e. The molecule has 0 unspecified atom stereocenters. The molecule has 0 aliphatic heterocycles. The van der Waals surface area contributed by atoms with Gasteiger partial charge in [0.2, 0.25) is 10.0 Å². The molecular formula is C14H30NO6PS. The summed E-state index contributed by atoms with van der Waals surface area (Å²) in [6, 6.07) is 0. The van der Waals surface area contributed by atoms with Gasteiger partial charge in [0.05, 0.1) is 25.1 Å². The lowest BCUT2D eigenvalue weighted by Gasteiger charge is -2.37. The van der Waals surface area contributed by atoms with Crippen LogP contribution in [-0.2, 0) is 28.4 Å². The Balaban J connectivity index is 5.33. The Labute approximate surface area is 140 Å². The summed E-state index contributed by atoms with van der Waals surface area (Å²) in [5.41, 5.74) is -0.824. The van der Waals surface area contributed by atoms with E-state index in [4.69, 9.17) is 4.74 Å². The number of hydrogen-bond acceptors (Lipinski definition) is 6. The standard InChI is InChI=1S/C14H30NO6PS/c1-11(13(2,3)4)21-12(10-20-22(16)17)9-15(14(5,6)7)23(8,18)19/h11-12H,9-10H2,1-8H3/t11-,12-/m0/s1. The smallest absolute Gasteiger partial charge is 0.371 e. The first-order valence-corrected chi connectivity index (χ1v) is 10.4. The van der Waals surface area contributed by atoms with Gasteiger partial charge in [0.15, 0.2) is 0 Å². The summed E-state index contributed by atoms with van der Waals surface area (Å²) in [7, 11) is -6.50. The SMILES string of the molecule is C[C@H](O[C@H](COP(=O)=O)CN(C(C)(C)C)S(C)(=O)=O)C(C)(C)C. The molecule has 0 aromatic rings. The average Bonchev–Trinajstić information content (AvgIpc) is 2.27. The van der Waals surface area contributed by atoms with Crippen molar-refractivity contribution in [2.75, 3.05) is 19.4 Å². The van der Waals surface area contributed by atoms with Gasteiger partial charge in [0, 0.05) is 12.1 Å². The van der Waals surface area contributed by atoms with E-state index in [1.165, 1.54) is 4.31 Å².